The molecule has 0 saturated carbocycles. The van der Waals surface area contributed by atoms with Gasteiger partial charge in [0.25, 0.3) is 5.91 Å². The lowest BCUT2D eigenvalue weighted by Crippen LogP contribution is -2.21. The van der Waals surface area contributed by atoms with Gasteiger partial charge in [-0.15, -0.1) is 0 Å². The van der Waals surface area contributed by atoms with Gasteiger partial charge in [-0.3, -0.25) is 9.59 Å². The van der Waals surface area contributed by atoms with Gasteiger partial charge in [-0.2, -0.15) is 0 Å². The van der Waals surface area contributed by atoms with Gasteiger partial charge in [0, 0.05) is 16.3 Å². The summed E-state index contributed by atoms with van der Waals surface area (Å²) in [4.78, 5) is 25.1. The Balaban J connectivity index is 1.75. The van der Waals surface area contributed by atoms with Gasteiger partial charge < -0.3 is 10.1 Å². The topological polar surface area (TPSA) is 116 Å². The Hall–Kier alpha value is -3.27. The highest BCUT2D eigenvalue weighted by Gasteiger charge is 2.18. The molecule has 0 saturated heterocycles. The van der Waals surface area contributed by atoms with Crippen LogP contribution in [0.25, 0.3) is 0 Å². The van der Waals surface area contributed by atoms with E-state index in [2.05, 4.69) is 5.32 Å². The molecule has 0 spiro atoms. The van der Waals surface area contributed by atoms with Crippen LogP contribution in [-0.2, 0) is 14.8 Å². The number of benzene rings is 3. The molecule has 3 aromatic carbocycles. The molecule has 0 aliphatic heterocycles. The average molecular weight is 477 g/mol. The van der Waals surface area contributed by atoms with Crippen molar-refractivity contribution in [2.75, 3.05) is 11.9 Å². The van der Waals surface area contributed by atoms with Crippen LogP contribution in [0.5, 0.6) is 5.75 Å². The standard InChI is InChI=1S/C22H18ClFN2O5S/c1-13-9-17(32(25,29)30)6-7-19(13)26-21(27)12-31-20-8-5-15(23)11-18(20)22(28)14-3-2-4-16(24)10-14/h2-11H,12H2,1H3,(H,26,27)(H2,25,29,30). The van der Waals surface area contributed by atoms with Crippen LogP contribution < -0.4 is 15.2 Å². The van der Waals surface area contributed by atoms with E-state index in [-0.39, 0.29) is 26.8 Å². The number of ketones is 1. The zero-order valence-electron chi connectivity index (χ0n) is 16.8. The van der Waals surface area contributed by atoms with E-state index in [9.17, 15) is 22.4 Å². The third kappa shape index (κ3) is 5.70. The first-order chi connectivity index (χ1) is 15.0. The minimum atomic E-state index is -3.86. The van der Waals surface area contributed by atoms with Crippen LogP contribution in [-0.4, -0.2) is 26.7 Å². The summed E-state index contributed by atoms with van der Waals surface area (Å²) >= 11 is 6.00. The summed E-state index contributed by atoms with van der Waals surface area (Å²) in [6.07, 6.45) is 0. The minimum Gasteiger partial charge on any atom is -0.483 e. The molecule has 32 heavy (non-hydrogen) atoms. The highest BCUT2D eigenvalue weighted by Crippen LogP contribution is 2.26. The van der Waals surface area contributed by atoms with Gasteiger partial charge >= 0.3 is 0 Å². The van der Waals surface area contributed by atoms with Gasteiger partial charge in [-0.05, 0) is 61.0 Å². The largest absolute Gasteiger partial charge is 0.483 e. The van der Waals surface area contributed by atoms with Crippen molar-refractivity contribution >= 4 is 39.0 Å². The van der Waals surface area contributed by atoms with Crippen molar-refractivity contribution in [1.29, 1.82) is 0 Å². The first-order valence-corrected chi connectivity index (χ1v) is 11.1. The van der Waals surface area contributed by atoms with Crippen molar-refractivity contribution < 1.29 is 27.1 Å². The maximum atomic E-state index is 13.5. The number of primary sulfonamides is 1. The summed E-state index contributed by atoms with van der Waals surface area (Å²) in [5.74, 6) is -1.53. The number of sulfonamides is 1. The molecule has 0 bridgehead atoms. The van der Waals surface area contributed by atoms with Gasteiger partial charge in [0.1, 0.15) is 11.6 Å². The quantitative estimate of drug-likeness (QED) is 0.504. The fourth-order valence-corrected chi connectivity index (χ4v) is 3.64. The number of nitrogens with two attached hydrogens (primary N) is 1. The molecule has 3 N–H and O–H groups in total. The average Bonchev–Trinajstić information content (AvgIpc) is 2.73. The van der Waals surface area contributed by atoms with Crippen molar-refractivity contribution in [3.8, 4) is 5.75 Å². The van der Waals surface area contributed by atoms with Crippen LogP contribution >= 0.6 is 11.6 Å². The van der Waals surface area contributed by atoms with Crippen molar-refractivity contribution in [3.05, 3.63) is 88.2 Å². The van der Waals surface area contributed by atoms with Crippen LogP contribution in [0.2, 0.25) is 5.02 Å². The third-order valence-corrected chi connectivity index (χ3v) is 5.58. The first kappa shape index (κ1) is 23.4. The lowest BCUT2D eigenvalue weighted by Gasteiger charge is -2.13. The predicted octanol–water partition coefficient (Wildman–Crippen LogP) is 3.68. The fraction of sp³-hybridized carbons (Fsp3) is 0.0909. The van der Waals surface area contributed by atoms with E-state index in [1.54, 1.807) is 6.92 Å². The highest BCUT2D eigenvalue weighted by molar-refractivity contribution is 7.89. The number of ether oxygens (including phenoxy) is 1. The number of amides is 1. The molecule has 0 unspecified atom stereocenters. The molecule has 7 nitrogen and oxygen atoms in total. The number of hydrogen-bond acceptors (Lipinski definition) is 5. The van der Waals surface area contributed by atoms with E-state index < -0.39 is 34.1 Å². The molecule has 0 aliphatic rings. The number of carbonyl (C=O) groups is 2. The lowest BCUT2D eigenvalue weighted by atomic mass is 10.0. The first-order valence-electron chi connectivity index (χ1n) is 9.20. The number of halogens is 2. The Morgan fingerprint density at radius 3 is 2.50 bits per heavy atom. The molecule has 3 rings (SSSR count). The molecule has 0 fully saturated rings. The van der Waals surface area contributed by atoms with Crippen molar-refractivity contribution in [2.45, 2.75) is 11.8 Å². The summed E-state index contributed by atoms with van der Waals surface area (Å²) in [6, 6.07) is 13.5. The molecular weight excluding hydrogens is 459 g/mol. The molecule has 0 atom stereocenters. The summed E-state index contributed by atoms with van der Waals surface area (Å²) < 4.78 is 41.9. The molecule has 0 aromatic heterocycles. The number of carbonyl (C=O) groups excluding carboxylic acids is 2. The van der Waals surface area contributed by atoms with Crippen LogP contribution in [0.4, 0.5) is 10.1 Å². The van der Waals surface area contributed by atoms with Crippen LogP contribution in [0.15, 0.2) is 65.6 Å². The second-order valence-electron chi connectivity index (χ2n) is 6.84. The summed E-state index contributed by atoms with van der Waals surface area (Å²) in [7, 11) is -3.86. The van der Waals surface area contributed by atoms with E-state index in [4.69, 9.17) is 21.5 Å². The molecule has 0 heterocycles. The van der Waals surface area contributed by atoms with Crippen molar-refractivity contribution in [2.24, 2.45) is 5.14 Å². The zero-order valence-corrected chi connectivity index (χ0v) is 18.3. The third-order valence-electron chi connectivity index (χ3n) is 4.43. The van der Waals surface area contributed by atoms with Gasteiger partial charge in [0.15, 0.2) is 12.4 Å². The summed E-state index contributed by atoms with van der Waals surface area (Å²) in [6.45, 7) is 1.17. The SMILES string of the molecule is Cc1cc(S(N)(=O)=O)ccc1NC(=O)COc1ccc(Cl)cc1C(=O)c1cccc(F)c1. The number of aryl methyl sites for hydroxylation is 1. The molecule has 0 aliphatic carbocycles. The maximum Gasteiger partial charge on any atom is 0.262 e. The Morgan fingerprint density at radius 1 is 1.09 bits per heavy atom. The highest BCUT2D eigenvalue weighted by atomic mass is 35.5. The fourth-order valence-electron chi connectivity index (χ4n) is 2.87. The van der Waals surface area contributed by atoms with Crippen LogP contribution in [0.3, 0.4) is 0 Å². The molecule has 166 valence electrons. The Bertz CT molecular complexity index is 1310. The second kappa shape index (κ2) is 9.47. The molecule has 3 aromatic rings. The van der Waals surface area contributed by atoms with E-state index in [0.717, 1.165) is 6.07 Å². The van der Waals surface area contributed by atoms with E-state index >= 15 is 0 Å². The Labute approximate surface area is 189 Å². The Morgan fingerprint density at radius 2 is 1.84 bits per heavy atom. The zero-order chi connectivity index (χ0) is 23.5. The molecule has 1 amide bonds. The van der Waals surface area contributed by atoms with Gasteiger partial charge in [0.05, 0.1) is 10.5 Å². The maximum absolute atomic E-state index is 13.5. The minimum absolute atomic E-state index is 0.0737. The molecule has 0 radical (unpaired) electrons. The number of hydrogen-bond donors (Lipinski definition) is 2. The van der Waals surface area contributed by atoms with Gasteiger partial charge in [-0.25, -0.2) is 17.9 Å². The monoisotopic (exact) mass is 476 g/mol. The Kier molecular flexibility index (Phi) is 6.93. The number of rotatable bonds is 7. The van der Waals surface area contributed by atoms with Crippen LogP contribution in [0.1, 0.15) is 21.5 Å². The van der Waals surface area contributed by atoms with Crippen molar-refractivity contribution in [1.82, 2.24) is 0 Å². The number of nitrogens with one attached hydrogen (secondary N) is 1. The lowest BCUT2D eigenvalue weighted by molar-refractivity contribution is -0.118. The normalized spacial score (nSPS) is 11.1. The predicted molar refractivity (Wildman–Crippen MR) is 118 cm³/mol. The second-order valence-corrected chi connectivity index (χ2v) is 8.84. The van der Waals surface area contributed by atoms with Crippen LogP contribution in [0, 0.1) is 12.7 Å². The summed E-state index contributed by atoms with van der Waals surface area (Å²) in [5, 5.41) is 7.96. The van der Waals surface area contributed by atoms with Crippen molar-refractivity contribution in [3.63, 3.8) is 0 Å². The van der Waals surface area contributed by atoms with E-state index in [0.29, 0.717) is 11.3 Å². The van der Waals surface area contributed by atoms with E-state index in [1.807, 2.05) is 0 Å². The molecule has 10 heteroatoms. The van der Waals surface area contributed by atoms with Gasteiger partial charge in [-0.1, -0.05) is 23.7 Å². The van der Waals surface area contributed by atoms with E-state index in [1.165, 1.54) is 54.6 Å². The summed E-state index contributed by atoms with van der Waals surface area (Å²) in [5.41, 5.74) is 1.04. The molecular formula is C22H18ClFN2O5S. The number of anilines is 1. The van der Waals surface area contributed by atoms with Gasteiger partial charge in [0.2, 0.25) is 10.0 Å². The smallest absolute Gasteiger partial charge is 0.262 e.